The van der Waals surface area contributed by atoms with E-state index in [4.69, 9.17) is 4.74 Å². The molecule has 3 atom stereocenters. The lowest BCUT2D eigenvalue weighted by Crippen LogP contribution is -2.48. The van der Waals surface area contributed by atoms with Crippen molar-refractivity contribution >= 4 is 11.9 Å². The standard InChI is InChI=1S/C14H24N2O3/c1-4-19-14(18)12-6-5-10-7-15-8-11(9(2)3)13(17)16(10)12/h9-12,15H,4-8H2,1-3H3. The fourth-order valence-electron chi connectivity index (χ4n) is 3.09. The van der Waals surface area contributed by atoms with Crippen molar-refractivity contribution in [2.24, 2.45) is 11.8 Å². The maximum Gasteiger partial charge on any atom is 0.328 e. The van der Waals surface area contributed by atoms with Crippen molar-refractivity contribution in [2.75, 3.05) is 19.7 Å². The quantitative estimate of drug-likeness (QED) is 0.769. The lowest BCUT2D eigenvalue weighted by molar-refractivity contribution is -0.155. The molecular weight excluding hydrogens is 244 g/mol. The van der Waals surface area contributed by atoms with Gasteiger partial charge in [0.15, 0.2) is 0 Å². The Balaban J connectivity index is 2.18. The number of rotatable bonds is 3. The van der Waals surface area contributed by atoms with Crippen molar-refractivity contribution < 1.29 is 14.3 Å². The molecule has 0 aromatic carbocycles. The molecule has 1 N–H and O–H groups in total. The lowest BCUT2D eigenvalue weighted by atomic mass is 9.94. The number of amides is 1. The highest BCUT2D eigenvalue weighted by Gasteiger charge is 2.45. The van der Waals surface area contributed by atoms with Crippen molar-refractivity contribution in [2.45, 2.75) is 45.7 Å². The van der Waals surface area contributed by atoms with Gasteiger partial charge in [-0.05, 0) is 25.7 Å². The minimum absolute atomic E-state index is 0.0416. The summed E-state index contributed by atoms with van der Waals surface area (Å²) in [7, 11) is 0. The zero-order chi connectivity index (χ0) is 14.0. The van der Waals surface area contributed by atoms with Crippen LogP contribution in [0, 0.1) is 11.8 Å². The Bertz CT molecular complexity index is 357. The maximum atomic E-state index is 12.7. The molecule has 19 heavy (non-hydrogen) atoms. The smallest absolute Gasteiger partial charge is 0.328 e. The zero-order valence-corrected chi connectivity index (χ0v) is 12.0. The third-order valence-corrected chi connectivity index (χ3v) is 4.18. The second-order valence-corrected chi connectivity index (χ2v) is 5.75. The second kappa shape index (κ2) is 5.90. The van der Waals surface area contributed by atoms with Crippen LogP contribution in [0.25, 0.3) is 0 Å². The van der Waals surface area contributed by atoms with Crippen LogP contribution in [0.1, 0.15) is 33.6 Å². The van der Waals surface area contributed by atoms with Gasteiger partial charge in [0.1, 0.15) is 6.04 Å². The van der Waals surface area contributed by atoms with Gasteiger partial charge >= 0.3 is 5.97 Å². The first-order chi connectivity index (χ1) is 9.06. The summed E-state index contributed by atoms with van der Waals surface area (Å²) in [6.45, 7) is 7.77. The Hall–Kier alpha value is -1.10. The van der Waals surface area contributed by atoms with Crippen molar-refractivity contribution in [3.05, 3.63) is 0 Å². The number of esters is 1. The number of ether oxygens (including phenoxy) is 1. The van der Waals surface area contributed by atoms with Crippen molar-refractivity contribution in [3.8, 4) is 0 Å². The van der Waals surface area contributed by atoms with Crippen molar-refractivity contribution in [3.63, 3.8) is 0 Å². The van der Waals surface area contributed by atoms with Gasteiger partial charge in [0.25, 0.3) is 0 Å². The fraction of sp³-hybridized carbons (Fsp3) is 0.857. The van der Waals surface area contributed by atoms with Crippen molar-refractivity contribution in [1.82, 2.24) is 10.2 Å². The van der Waals surface area contributed by atoms with Gasteiger partial charge in [-0.3, -0.25) is 4.79 Å². The molecular formula is C14H24N2O3. The molecule has 0 aromatic rings. The van der Waals surface area contributed by atoms with Gasteiger partial charge in [0.05, 0.1) is 12.5 Å². The van der Waals surface area contributed by atoms with Crippen LogP contribution in [0.15, 0.2) is 0 Å². The molecule has 5 nitrogen and oxygen atoms in total. The highest BCUT2D eigenvalue weighted by atomic mass is 16.5. The molecule has 2 rings (SSSR count). The molecule has 2 saturated heterocycles. The first-order valence-corrected chi connectivity index (χ1v) is 7.25. The maximum absolute atomic E-state index is 12.7. The van der Waals surface area contributed by atoms with Gasteiger partial charge in [-0.25, -0.2) is 4.79 Å². The summed E-state index contributed by atoms with van der Waals surface area (Å²) in [5.41, 5.74) is 0. The van der Waals surface area contributed by atoms with E-state index in [9.17, 15) is 9.59 Å². The summed E-state index contributed by atoms with van der Waals surface area (Å²) < 4.78 is 5.11. The van der Waals surface area contributed by atoms with Crippen LogP contribution < -0.4 is 5.32 Å². The number of carbonyl (C=O) groups excluding carboxylic acids is 2. The number of fused-ring (bicyclic) bond motifs is 1. The number of hydrogen-bond acceptors (Lipinski definition) is 4. The van der Waals surface area contributed by atoms with E-state index < -0.39 is 0 Å². The van der Waals surface area contributed by atoms with Gasteiger partial charge in [-0.2, -0.15) is 0 Å². The molecule has 0 spiro atoms. The summed E-state index contributed by atoms with van der Waals surface area (Å²) >= 11 is 0. The third-order valence-electron chi connectivity index (χ3n) is 4.18. The third kappa shape index (κ3) is 2.76. The molecule has 1 amide bonds. The molecule has 108 valence electrons. The van der Waals surface area contributed by atoms with Crippen LogP contribution in [0.2, 0.25) is 0 Å². The molecule has 2 heterocycles. The molecule has 0 radical (unpaired) electrons. The predicted octanol–water partition coefficient (Wildman–Crippen LogP) is 0.785. The first-order valence-electron chi connectivity index (χ1n) is 7.25. The summed E-state index contributed by atoms with van der Waals surface area (Å²) in [5, 5.41) is 3.36. The molecule has 2 aliphatic heterocycles. The van der Waals surface area contributed by atoms with E-state index in [-0.39, 0.29) is 35.8 Å². The Kier molecular flexibility index (Phi) is 4.45. The molecule has 0 saturated carbocycles. The van der Waals surface area contributed by atoms with Gasteiger partial charge < -0.3 is 15.0 Å². The Labute approximate surface area is 114 Å². The summed E-state index contributed by atoms with van der Waals surface area (Å²) in [4.78, 5) is 26.5. The van der Waals surface area contributed by atoms with Gasteiger partial charge in [-0.15, -0.1) is 0 Å². The molecule has 2 fully saturated rings. The first kappa shape index (κ1) is 14.3. The van der Waals surface area contributed by atoms with Crippen LogP contribution in [-0.2, 0) is 14.3 Å². The minimum atomic E-state index is -0.376. The van der Waals surface area contributed by atoms with E-state index in [1.807, 2.05) is 0 Å². The molecule has 5 heteroatoms. The molecule has 3 unspecified atom stereocenters. The van der Waals surface area contributed by atoms with E-state index in [1.165, 1.54) is 0 Å². The summed E-state index contributed by atoms with van der Waals surface area (Å²) in [6, 6.07) is -0.232. The monoisotopic (exact) mass is 268 g/mol. The molecule has 0 aliphatic carbocycles. The van der Waals surface area contributed by atoms with Crippen molar-refractivity contribution in [1.29, 1.82) is 0 Å². The van der Waals surface area contributed by atoms with Crippen LogP contribution in [-0.4, -0.2) is 48.6 Å². The topological polar surface area (TPSA) is 58.6 Å². The average molecular weight is 268 g/mol. The fourth-order valence-corrected chi connectivity index (χ4v) is 3.09. The SMILES string of the molecule is CCOC(=O)C1CCC2CNCC(C(C)C)C(=O)N21. The Morgan fingerprint density at radius 2 is 2.16 bits per heavy atom. The van der Waals surface area contributed by atoms with Gasteiger partial charge in [-0.1, -0.05) is 13.8 Å². The van der Waals surface area contributed by atoms with Crippen LogP contribution >= 0.6 is 0 Å². The van der Waals surface area contributed by atoms with E-state index >= 15 is 0 Å². The van der Waals surface area contributed by atoms with Gasteiger partial charge in [0, 0.05) is 19.1 Å². The second-order valence-electron chi connectivity index (χ2n) is 5.75. The predicted molar refractivity (Wildman–Crippen MR) is 71.5 cm³/mol. The van der Waals surface area contributed by atoms with Crippen LogP contribution in [0.4, 0.5) is 0 Å². The molecule has 0 bridgehead atoms. The minimum Gasteiger partial charge on any atom is -0.464 e. The number of carbonyl (C=O) groups is 2. The van der Waals surface area contributed by atoms with Gasteiger partial charge in [0.2, 0.25) is 5.91 Å². The lowest BCUT2D eigenvalue weighted by Gasteiger charge is -2.30. The van der Waals surface area contributed by atoms with Crippen LogP contribution in [0.5, 0.6) is 0 Å². The highest BCUT2D eigenvalue weighted by Crippen LogP contribution is 2.30. The van der Waals surface area contributed by atoms with E-state index in [0.717, 1.165) is 19.4 Å². The zero-order valence-electron chi connectivity index (χ0n) is 12.0. The van der Waals surface area contributed by atoms with E-state index in [2.05, 4.69) is 19.2 Å². The number of nitrogens with zero attached hydrogens (tertiary/aromatic N) is 1. The Morgan fingerprint density at radius 3 is 2.79 bits per heavy atom. The molecule has 2 aliphatic rings. The highest BCUT2D eigenvalue weighted by molar-refractivity contribution is 5.87. The summed E-state index contributed by atoms with van der Waals surface area (Å²) in [5.74, 6) is 0.102. The number of hydrogen-bond donors (Lipinski definition) is 1. The Morgan fingerprint density at radius 1 is 1.42 bits per heavy atom. The normalized spacial score (nSPS) is 31.3. The van der Waals surface area contributed by atoms with Crippen LogP contribution in [0.3, 0.4) is 0 Å². The molecule has 0 aromatic heterocycles. The van der Waals surface area contributed by atoms with E-state index in [1.54, 1.807) is 11.8 Å². The largest absolute Gasteiger partial charge is 0.464 e. The average Bonchev–Trinajstić information content (AvgIpc) is 2.70. The number of nitrogens with one attached hydrogen (secondary N) is 1. The summed E-state index contributed by atoms with van der Waals surface area (Å²) in [6.07, 6.45) is 1.61. The van der Waals surface area contributed by atoms with E-state index in [0.29, 0.717) is 13.2 Å².